The molecule has 5 heteroatoms. The largest absolute Gasteiger partial charge is 0.369 e. The molecule has 9 heavy (non-hydrogen) atoms. The van der Waals surface area contributed by atoms with E-state index >= 15 is 0 Å². The molecular formula is C4H8ClN3O. The average Bonchev–Trinajstić information content (AvgIpc) is 2.14. The van der Waals surface area contributed by atoms with Gasteiger partial charge < -0.3 is 5.32 Å². The molecule has 0 saturated carbocycles. The molecule has 0 unspecified atom stereocenters. The van der Waals surface area contributed by atoms with E-state index in [-0.39, 0.29) is 12.4 Å². The van der Waals surface area contributed by atoms with Crippen molar-refractivity contribution < 1.29 is 4.63 Å². The van der Waals surface area contributed by atoms with E-state index in [1.165, 1.54) is 0 Å². The van der Waals surface area contributed by atoms with Crippen LogP contribution < -0.4 is 5.32 Å². The SMILES string of the molecule is CNc1nonc1C.Cl. The molecule has 4 nitrogen and oxygen atoms in total. The van der Waals surface area contributed by atoms with Crippen LogP contribution in [-0.2, 0) is 0 Å². The number of rotatable bonds is 1. The smallest absolute Gasteiger partial charge is 0.193 e. The number of hydrogen-bond donors (Lipinski definition) is 1. The summed E-state index contributed by atoms with van der Waals surface area (Å²) in [6, 6.07) is 0. The van der Waals surface area contributed by atoms with Gasteiger partial charge in [0, 0.05) is 7.05 Å². The zero-order valence-corrected chi connectivity index (χ0v) is 6.03. The second kappa shape index (κ2) is 3.29. The van der Waals surface area contributed by atoms with Gasteiger partial charge in [-0.05, 0) is 12.1 Å². The van der Waals surface area contributed by atoms with Gasteiger partial charge >= 0.3 is 0 Å². The molecule has 0 aliphatic carbocycles. The van der Waals surface area contributed by atoms with Crippen molar-refractivity contribution in [2.24, 2.45) is 0 Å². The van der Waals surface area contributed by atoms with Gasteiger partial charge in [-0.1, -0.05) is 5.16 Å². The predicted molar refractivity (Wildman–Crippen MR) is 35.8 cm³/mol. The number of anilines is 1. The van der Waals surface area contributed by atoms with E-state index in [2.05, 4.69) is 20.3 Å². The molecule has 0 aliphatic rings. The minimum Gasteiger partial charge on any atom is -0.369 e. The maximum Gasteiger partial charge on any atom is 0.193 e. The Hall–Kier alpha value is -0.770. The standard InChI is InChI=1S/C4H7N3O.ClH/c1-3-4(5-2)7-8-6-3;/h1-2H3,(H,5,7);1H. The van der Waals surface area contributed by atoms with E-state index in [0.717, 1.165) is 5.69 Å². The normalized spacial score (nSPS) is 8.22. The molecule has 52 valence electrons. The molecule has 0 aliphatic heterocycles. The molecule has 1 heterocycles. The van der Waals surface area contributed by atoms with E-state index < -0.39 is 0 Å². The highest BCUT2D eigenvalue weighted by molar-refractivity contribution is 5.85. The Kier molecular flexibility index (Phi) is 3.01. The molecule has 0 radical (unpaired) electrons. The number of aryl methyl sites for hydroxylation is 1. The lowest BCUT2D eigenvalue weighted by Crippen LogP contribution is -1.88. The molecule has 0 spiro atoms. The third-order valence-electron chi connectivity index (χ3n) is 0.889. The second-order valence-corrected chi connectivity index (χ2v) is 1.45. The van der Waals surface area contributed by atoms with Crippen molar-refractivity contribution in [1.29, 1.82) is 0 Å². The van der Waals surface area contributed by atoms with Gasteiger partial charge in [-0.2, -0.15) is 0 Å². The van der Waals surface area contributed by atoms with Crippen molar-refractivity contribution in [2.45, 2.75) is 6.92 Å². The number of nitrogens with one attached hydrogen (secondary N) is 1. The molecule has 1 N–H and O–H groups in total. The van der Waals surface area contributed by atoms with Crippen molar-refractivity contribution in [2.75, 3.05) is 12.4 Å². The summed E-state index contributed by atoms with van der Waals surface area (Å²) in [5.74, 6) is 0.699. The zero-order chi connectivity index (χ0) is 5.98. The van der Waals surface area contributed by atoms with Crippen molar-refractivity contribution >= 4 is 18.2 Å². The third kappa shape index (κ3) is 1.57. The first kappa shape index (κ1) is 8.23. The van der Waals surface area contributed by atoms with Gasteiger partial charge in [0.25, 0.3) is 0 Å². The Morgan fingerprint density at radius 1 is 1.44 bits per heavy atom. The molecule has 0 amide bonds. The monoisotopic (exact) mass is 149 g/mol. The summed E-state index contributed by atoms with van der Waals surface area (Å²) in [5, 5.41) is 9.88. The highest BCUT2D eigenvalue weighted by atomic mass is 35.5. The predicted octanol–water partition coefficient (Wildman–Crippen LogP) is 0.842. The second-order valence-electron chi connectivity index (χ2n) is 1.45. The minimum atomic E-state index is 0. The van der Waals surface area contributed by atoms with E-state index in [1.54, 1.807) is 7.05 Å². The van der Waals surface area contributed by atoms with Crippen LogP contribution in [0.5, 0.6) is 0 Å². The summed E-state index contributed by atoms with van der Waals surface area (Å²) in [7, 11) is 1.77. The Bertz CT molecular complexity index is 176. The van der Waals surface area contributed by atoms with Gasteiger partial charge in [0.15, 0.2) is 5.82 Å². The van der Waals surface area contributed by atoms with Crippen molar-refractivity contribution in [3.8, 4) is 0 Å². The van der Waals surface area contributed by atoms with Gasteiger partial charge in [-0.25, -0.2) is 4.63 Å². The summed E-state index contributed by atoms with van der Waals surface area (Å²) >= 11 is 0. The fraction of sp³-hybridized carbons (Fsp3) is 0.500. The Morgan fingerprint density at radius 2 is 2.11 bits per heavy atom. The molecule has 0 aromatic carbocycles. The first-order chi connectivity index (χ1) is 3.84. The fourth-order valence-corrected chi connectivity index (χ4v) is 0.458. The van der Waals surface area contributed by atoms with Crippen molar-refractivity contribution in [3.63, 3.8) is 0 Å². The highest BCUT2D eigenvalue weighted by Gasteiger charge is 1.98. The summed E-state index contributed by atoms with van der Waals surface area (Å²) in [5.41, 5.74) is 0.785. The van der Waals surface area contributed by atoms with Crippen LogP contribution in [0.15, 0.2) is 4.63 Å². The first-order valence-electron chi connectivity index (χ1n) is 2.31. The van der Waals surface area contributed by atoms with E-state index in [4.69, 9.17) is 0 Å². The van der Waals surface area contributed by atoms with Crippen molar-refractivity contribution in [3.05, 3.63) is 5.69 Å². The molecule has 0 bridgehead atoms. The Morgan fingerprint density at radius 3 is 2.33 bits per heavy atom. The van der Waals surface area contributed by atoms with Crippen LogP contribution in [0.4, 0.5) is 5.82 Å². The number of aromatic nitrogens is 2. The molecule has 1 aromatic rings. The van der Waals surface area contributed by atoms with E-state index in [9.17, 15) is 0 Å². The van der Waals surface area contributed by atoms with E-state index in [0.29, 0.717) is 5.82 Å². The molecule has 0 saturated heterocycles. The molecular weight excluding hydrogens is 142 g/mol. The Labute approximate surface area is 59.0 Å². The van der Waals surface area contributed by atoms with Gasteiger partial charge in [0.2, 0.25) is 0 Å². The van der Waals surface area contributed by atoms with Gasteiger partial charge in [-0.15, -0.1) is 12.4 Å². The quantitative estimate of drug-likeness (QED) is 0.643. The summed E-state index contributed by atoms with van der Waals surface area (Å²) < 4.78 is 4.37. The number of halogens is 1. The zero-order valence-electron chi connectivity index (χ0n) is 5.21. The lowest BCUT2D eigenvalue weighted by atomic mass is 10.5. The highest BCUT2D eigenvalue weighted by Crippen LogP contribution is 2.03. The summed E-state index contributed by atoms with van der Waals surface area (Å²) in [6.07, 6.45) is 0. The van der Waals surface area contributed by atoms with Crippen LogP contribution in [-0.4, -0.2) is 17.4 Å². The van der Waals surface area contributed by atoms with Crippen molar-refractivity contribution in [1.82, 2.24) is 10.3 Å². The van der Waals surface area contributed by atoms with Crippen LogP contribution in [0.2, 0.25) is 0 Å². The van der Waals surface area contributed by atoms with Crippen LogP contribution in [0, 0.1) is 6.92 Å². The first-order valence-corrected chi connectivity index (χ1v) is 2.31. The lowest BCUT2D eigenvalue weighted by molar-refractivity contribution is 0.306. The van der Waals surface area contributed by atoms with Gasteiger partial charge in [-0.3, -0.25) is 0 Å². The van der Waals surface area contributed by atoms with Crippen LogP contribution in [0.25, 0.3) is 0 Å². The molecule has 0 atom stereocenters. The number of hydrogen-bond acceptors (Lipinski definition) is 4. The fourth-order valence-electron chi connectivity index (χ4n) is 0.458. The maximum atomic E-state index is 4.37. The van der Waals surface area contributed by atoms with E-state index in [1.807, 2.05) is 6.92 Å². The molecule has 1 aromatic heterocycles. The lowest BCUT2D eigenvalue weighted by Gasteiger charge is -1.86. The minimum absolute atomic E-state index is 0. The van der Waals surface area contributed by atoms with Crippen LogP contribution in [0.3, 0.4) is 0 Å². The Balaban J connectivity index is 0.000000640. The average molecular weight is 150 g/mol. The summed E-state index contributed by atoms with van der Waals surface area (Å²) in [6.45, 7) is 1.82. The van der Waals surface area contributed by atoms with Crippen LogP contribution in [0.1, 0.15) is 5.69 Å². The third-order valence-corrected chi connectivity index (χ3v) is 0.889. The van der Waals surface area contributed by atoms with Gasteiger partial charge in [0.05, 0.1) is 0 Å². The maximum absolute atomic E-state index is 4.37. The summed E-state index contributed by atoms with van der Waals surface area (Å²) in [4.78, 5) is 0. The topological polar surface area (TPSA) is 51.0 Å². The number of nitrogens with zero attached hydrogens (tertiary/aromatic N) is 2. The van der Waals surface area contributed by atoms with Gasteiger partial charge in [0.1, 0.15) is 5.69 Å². The molecule has 1 rings (SSSR count). The van der Waals surface area contributed by atoms with Crippen LogP contribution >= 0.6 is 12.4 Å². The molecule has 0 fully saturated rings.